The normalized spacial score (nSPS) is 13.2. The van der Waals surface area contributed by atoms with E-state index in [0.29, 0.717) is 17.4 Å². The minimum absolute atomic E-state index is 0.0448. The molecule has 0 spiro atoms. The second-order valence-corrected chi connectivity index (χ2v) is 3.92. The van der Waals surface area contributed by atoms with Crippen LogP contribution in [0.15, 0.2) is 12.4 Å². The zero-order chi connectivity index (χ0) is 11.5. The molecule has 0 aliphatic carbocycles. The maximum absolute atomic E-state index is 9.24. The third-order valence-electron chi connectivity index (χ3n) is 2.44. The molecule has 0 saturated heterocycles. The van der Waals surface area contributed by atoms with Crippen molar-refractivity contribution in [3.05, 3.63) is 12.4 Å². The highest BCUT2D eigenvalue weighted by atomic mass is 16.3. The van der Waals surface area contributed by atoms with E-state index in [-0.39, 0.29) is 12.6 Å². The van der Waals surface area contributed by atoms with Gasteiger partial charge in [0.25, 0.3) is 0 Å². The Morgan fingerprint density at radius 1 is 1.44 bits per heavy atom. The molecular formula is C9H14N6O. The highest BCUT2D eigenvalue weighted by Crippen LogP contribution is 2.11. The van der Waals surface area contributed by atoms with Gasteiger partial charge in [0.05, 0.1) is 25.0 Å². The number of nitrogens with one attached hydrogen (secondary N) is 1. The summed E-state index contributed by atoms with van der Waals surface area (Å²) in [5.41, 5.74) is 0.574. The number of hydrogen-bond donors (Lipinski definition) is 2. The second-order valence-electron chi connectivity index (χ2n) is 3.92. The SMILES string of the molecule is CC(C)C(CO)Nc1cncc2nnnn12. The van der Waals surface area contributed by atoms with E-state index in [1.54, 1.807) is 16.9 Å². The third-order valence-corrected chi connectivity index (χ3v) is 2.44. The van der Waals surface area contributed by atoms with E-state index in [2.05, 4.69) is 25.8 Å². The van der Waals surface area contributed by atoms with Crippen LogP contribution in [-0.2, 0) is 0 Å². The van der Waals surface area contributed by atoms with Crippen LogP contribution < -0.4 is 5.32 Å². The number of aliphatic hydroxyl groups excluding tert-OH is 1. The van der Waals surface area contributed by atoms with Crippen LogP contribution in [0.3, 0.4) is 0 Å². The smallest absolute Gasteiger partial charge is 0.199 e. The predicted molar refractivity (Wildman–Crippen MR) is 57.9 cm³/mol. The molecule has 0 bridgehead atoms. The van der Waals surface area contributed by atoms with Gasteiger partial charge in [-0.15, -0.1) is 5.10 Å². The Bertz CT molecular complexity index is 468. The first-order valence-corrected chi connectivity index (χ1v) is 5.12. The number of rotatable bonds is 4. The van der Waals surface area contributed by atoms with Gasteiger partial charge in [-0.25, -0.2) is 0 Å². The van der Waals surface area contributed by atoms with E-state index < -0.39 is 0 Å². The van der Waals surface area contributed by atoms with Crippen LogP contribution in [0.1, 0.15) is 13.8 Å². The fraction of sp³-hybridized carbons (Fsp3) is 0.556. The molecule has 2 rings (SSSR count). The van der Waals surface area contributed by atoms with E-state index in [4.69, 9.17) is 0 Å². The van der Waals surface area contributed by atoms with Gasteiger partial charge < -0.3 is 10.4 Å². The lowest BCUT2D eigenvalue weighted by Gasteiger charge is -2.20. The van der Waals surface area contributed by atoms with Crippen LogP contribution in [-0.4, -0.2) is 42.8 Å². The molecular weight excluding hydrogens is 208 g/mol. The zero-order valence-electron chi connectivity index (χ0n) is 9.20. The van der Waals surface area contributed by atoms with Crippen LogP contribution in [0.25, 0.3) is 5.65 Å². The molecule has 2 heterocycles. The Hall–Kier alpha value is -1.76. The van der Waals surface area contributed by atoms with Crippen molar-refractivity contribution in [2.75, 3.05) is 11.9 Å². The van der Waals surface area contributed by atoms with Crippen molar-refractivity contribution < 1.29 is 5.11 Å². The molecule has 2 aromatic rings. The van der Waals surface area contributed by atoms with Crippen molar-refractivity contribution >= 4 is 11.5 Å². The molecule has 2 N–H and O–H groups in total. The summed E-state index contributed by atoms with van der Waals surface area (Å²) in [7, 11) is 0. The van der Waals surface area contributed by atoms with Gasteiger partial charge in [0.15, 0.2) is 11.5 Å². The van der Waals surface area contributed by atoms with Crippen molar-refractivity contribution in [1.82, 2.24) is 25.0 Å². The van der Waals surface area contributed by atoms with E-state index in [9.17, 15) is 5.11 Å². The molecule has 1 atom stereocenters. The molecule has 0 aromatic carbocycles. The van der Waals surface area contributed by atoms with Gasteiger partial charge in [0.1, 0.15) is 0 Å². The zero-order valence-corrected chi connectivity index (χ0v) is 9.20. The Kier molecular flexibility index (Phi) is 2.95. The standard InChI is InChI=1S/C9H14N6O/c1-6(2)7(5-16)11-8-3-10-4-9-12-13-14-15(8)9/h3-4,6-7,11,16H,5H2,1-2H3. The van der Waals surface area contributed by atoms with Crippen molar-refractivity contribution in [3.63, 3.8) is 0 Å². The number of fused-ring (bicyclic) bond motifs is 1. The first kappa shape index (κ1) is 10.7. The van der Waals surface area contributed by atoms with E-state index in [1.165, 1.54) is 0 Å². The summed E-state index contributed by atoms with van der Waals surface area (Å²) >= 11 is 0. The lowest BCUT2D eigenvalue weighted by Crippen LogP contribution is -2.30. The predicted octanol–water partition coefficient (Wildman–Crippen LogP) is -0.0519. The minimum Gasteiger partial charge on any atom is -0.394 e. The molecule has 0 amide bonds. The fourth-order valence-electron chi connectivity index (χ4n) is 1.39. The Balaban J connectivity index is 2.29. The highest BCUT2D eigenvalue weighted by Gasteiger charge is 2.14. The monoisotopic (exact) mass is 222 g/mol. The number of tetrazole rings is 1. The van der Waals surface area contributed by atoms with Crippen molar-refractivity contribution in [2.24, 2.45) is 5.92 Å². The maximum atomic E-state index is 9.24. The van der Waals surface area contributed by atoms with Gasteiger partial charge in [-0.2, -0.15) is 4.52 Å². The molecule has 0 aliphatic rings. The maximum Gasteiger partial charge on any atom is 0.199 e. The Morgan fingerprint density at radius 2 is 2.25 bits per heavy atom. The number of hydrogen-bond acceptors (Lipinski definition) is 6. The third kappa shape index (κ3) is 1.94. The average Bonchev–Trinajstić information content (AvgIpc) is 2.73. The van der Waals surface area contributed by atoms with Crippen LogP contribution in [0.2, 0.25) is 0 Å². The highest BCUT2D eigenvalue weighted by molar-refractivity contribution is 5.44. The van der Waals surface area contributed by atoms with E-state index in [1.807, 2.05) is 13.8 Å². The average molecular weight is 222 g/mol. The summed E-state index contributed by atoms with van der Waals surface area (Å²) in [5.74, 6) is 0.979. The summed E-state index contributed by atoms with van der Waals surface area (Å²) < 4.78 is 1.55. The molecule has 2 aromatic heterocycles. The fourth-order valence-corrected chi connectivity index (χ4v) is 1.39. The molecule has 0 fully saturated rings. The van der Waals surface area contributed by atoms with Crippen molar-refractivity contribution in [3.8, 4) is 0 Å². The summed E-state index contributed by atoms with van der Waals surface area (Å²) in [5, 5.41) is 23.6. The quantitative estimate of drug-likeness (QED) is 0.754. The van der Waals surface area contributed by atoms with Gasteiger partial charge in [-0.3, -0.25) is 4.98 Å². The lowest BCUT2D eigenvalue weighted by molar-refractivity contribution is 0.249. The number of aliphatic hydroxyl groups is 1. The molecule has 16 heavy (non-hydrogen) atoms. The van der Waals surface area contributed by atoms with Gasteiger partial charge >= 0.3 is 0 Å². The Labute approximate surface area is 92.5 Å². The topological polar surface area (TPSA) is 88.2 Å². The molecule has 0 saturated carbocycles. The number of anilines is 1. The van der Waals surface area contributed by atoms with Gasteiger partial charge in [-0.05, 0) is 16.3 Å². The van der Waals surface area contributed by atoms with Crippen molar-refractivity contribution in [1.29, 1.82) is 0 Å². The number of aromatic nitrogens is 5. The summed E-state index contributed by atoms with van der Waals surface area (Å²) in [6.07, 6.45) is 3.21. The van der Waals surface area contributed by atoms with E-state index >= 15 is 0 Å². The molecule has 7 nitrogen and oxygen atoms in total. The second kappa shape index (κ2) is 4.40. The Morgan fingerprint density at radius 3 is 2.94 bits per heavy atom. The molecule has 1 unspecified atom stereocenters. The van der Waals surface area contributed by atoms with E-state index in [0.717, 1.165) is 0 Å². The van der Waals surface area contributed by atoms with Crippen LogP contribution in [0.4, 0.5) is 5.82 Å². The van der Waals surface area contributed by atoms with Crippen LogP contribution in [0, 0.1) is 5.92 Å². The summed E-state index contributed by atoms with van der Waals surface area (Å²) in [4.78, 5) is 4.02. The molecule has 86 valence electrons. The lowest BCUT2D eigenvalue weighted by atomic mass is 10.1. The number of nitrogens with zero attached hydrogens (tertiary/aromatic N) is 5. The van der Waals surface area contributed by atoms with Gasteiger partial charge in [-0.1, -0.05) is 13.8 Å². The minimum atomic E-state index is -0.0448. The van der Waals surface area contributed by atoms with Gasteiger partial charge in [0, 0.05) is 0 Å². The first-order chi connectivity index (χ1) is 7.72. The van der Waals surface area contributed by atoms with Crippen molar-refractivity contribution in [2.45, 2.75) is 19.9 Å². The molecule has 7 heteroatoms. The van der Waals surface area contributed by atoms with Gasteiger partial charge in [0.2, 0.25) is 0 Å². The van der Waals surface area contributed by atoms with Crippen LogP contribution in [0.5, 0.6) is 0 Å². The summed E-state index contributed by atoms with van der Waals surface area (Å²) in [6.45, 7) is 4.11. The first-order valence-electron chi connectivity index (χ1n) is 5.12. The van der Waals surface area contributed by atoms with Crippen LogP contribution >= 0.6 is 0 Å². The largest absolute Gasteiger partial charge is 0.394 e. The molecule has 0 aliphatic heterocycles. The molecule has 0 radical (unpaired) electrons. The summed E-state index contributed by atoms with van der Waals surface area (Å²) in [6, 6.07) is -0.0448.